The molecule has 4 N–H and O–H groups in total. The Morgan fingerprint density at radius 2 is 2.28 bits per heavy atom. The van der Waals surface area contributed by atoms with Crippen molar-refractivity contribution in [1.29, 1.82) is 0 Å². The molecule has 1 aliphatic rings. The number of rotatable bonds is 5. The van der Waals surface area contributed by atoms with Gasteiger partial charge in [0.15, 0.2) is 0 Å². The second-order valence-electron chi connectivity index (χ2n) is 4.80. The molecule has 1 amide bonds. The van der Waals surface area contributed by atoms with Gasteiger partial charge in [0.25, 0.3) is 5.91 Å². The minimum Gasteiger partial charge on any atom is -0.496 e. The zero-order chi connectivity index (χ0) is 13.2. The van der Waals surface area contributed by atoms with E-state index in [1.165, 1.54) is 7.11 Å². The number of nitrogens with one attached hydrogen (secondary N) is 1. The monoisotopic (exact) mass is 250 g/mol. The molecule has 18 heavy (non-hydrogen) atoms. The number of nitrogens with two attached hydrogens (primary N) is 1. The van der Waals surface area contributed by atoms with E-state index in [-0.39, 0.29) is 17.9 Å². The number of aliphatic hydroxyl groups is 1. The van der Waals surface area contributed by atoms with E-state index in [2.05, 4.69) is 5.32 Å². The molecule has 2 rings (SSSR count). The normalized spacial score (nSPS) is 16.1. The number of aliphatic hydroxyl groups excluding tert-OH is 1. The first-order chi connectivity index (χ1) is 8.60. The van der Waals surface area contributed by atoms with Crippen LogP contribution in [0.5, 0.6) is 5.75 Å². The van der Waals surface area contributed by atoms with Crippen LogP contribution in [-0.2, 0) is 0 Å². The van der Waals surface area contributed by atoms with Crippen molar-refractivity contribution >= 4 is 11.6 Å². The smallest absolute Gasteiger partial charge is 0.255 e. The summed E-state index contributed by atoms with van der Waals surface area (Å²) >= 11 is 0. The van der Waals surface area contributed by atoms with Crippen LogP contribution >= 0.6 is 0 Å². The summed E-state index contributed by atoms with van der Waals surface area (Å²) in [6.45, 7) is 0.613. The van der Waals surface area contributed by atoms with E-state index in [0.717, 1.165) is 12.8 Å². The van der Waals surface area contributed by atoms with Gasteiger partial charge in [0.05, 0.1) is 19.3 Å². The first-order valence-electron chi connectivity index (χ1n) is 5.93. The van der Waals surface area contributed by atoms with E-state index in [0.29, 0.717) is 23.5 Å². The fourth-order valence-corrected chi connectivity index (χ4v) is 1.83. The average Bonchev–Trinajstić information content (AvgIpc) is 3.16. The Bertz CT molecular complexity index is 456. The predicted octanol–water partition coefficient (Wildman–Crippen LogP) is 0.780. The second kappa shape index (κ2) is 4.86. The maximum absolute atomic E-state index is 12.0. The van der Waals surface area contributed by atoms with Crippen LogP contribution in [0.25, 0.3) is 0 Å². The number of amides is 1. The average molecular weight is 250 g/mol. The molecular formula is C13H18N2O3. The molecule has 1 fully saturated rings. The van der Waals surface area contributed by atoms with Crippen LogP contribution in [0.3, 0.4) is 0 Å². The highest BCUT2D eigenvalue weighted by Crippen LogP contribution is 2.44. The fraction of sp³-hybridized carbons (Fsp3) is 0.462. The second-order valence-corrected chi connectivity index (χ2v) is 4.80. The molecule has 0 bridgehead atoms. The molecule has 0 atom stereocenters. The lowest BCUT2D eigenvalue weighted by atomic mass is 10.1. The van der Waals surface area contributed by atoms with Crippen LogP contribution < -0.4 is 15.8 Å². The van der Waals surface area contributed by atoms with Crippen molar-refractivity contribution in [3.63, 3.8) is 0 Å². The van der Waals surface area contributed by atoms with Gasteiger partial charge in [0, 0.05) is 23.7 Å². The van der Waals surface area contributed by atoms with E-state index in [1.807, 2.05) is 0 Å². The first kappa shape index (κ1) is 12.7. The third kappa shape index (κ3) is 2.56. The van der Waals surface area contributed by atoms with Crippen LogP contribution in [0.2, 0.25) is 0 Å². The van der Waals surface area contributed by atoms with Crippen molar-refractivity contribution in [2.45, 2.75) is 12.8 Å². The lowest BCUT2D eigenvalue weighted by molar-refractivity contribution is 0.0932. The van der Waals surface area contributed by atoms with Crippen LogP contribution in [-0.4, -0.2) is 31.3 Å². The van der Waals surface area contributed by atoms with E-state index in [4.69, 9.17) is 10.5 Å². The number of ether oxygens (including phenoxy) is 1. The van der Waals surface area contributed by atoms with Crippen molar-refractivity contribution in [1.82, 2.24) is 5.32 Å². The summed E-state index contributed by atoms with van der Waals surface area (Å²) in [6, 6.07) is 4.92. The molecule has 1 aromatic rings. The van der Waals surface area contributed by atoms with E-state index in [9.17, 15) is 9.90 Å². The summed E-state index contributed by atoms with van der Waals surface area (Å²) in [5, 5.41) is 12.0. The van der Waals surface area contributed by atoms with Gasteiger partial charge in [-0.15, -0.1) is 0 Å². The number of carbonyl (C=O) groups excluding carboxylic acids is 1. The molecule has 0 aliphatic heterocycles. The summed E-state index contributed by atoms with van der Waals surface area (Å²) in [6.07, 6.45) is 1.92. The van der Waals surface area contributed by atoms with Crippen LogP contribution in [0.15, 0.2) is 18.2 Å². The van der Waals surface area contributed by atoms with Gasteiger partial charge in [-0.1, -0.05) is 0 Å². The summed E-state index contributed by atoms with van der Waals surface area (Å²) in [7, 11) is 1.50. The molecule has 0 heterocycles. The number of methoxy groups -OCH3 is 1. The number of anilines is 1. The summed E-state index contributed by atoms with van der Waals surface area (Å²) in [5.41, 5.74) is 6.54. The first-order valence-corrected chi connectivity index (χ1v) is 5.93. The zero-order valence-electron chi connectivity index (χ0n) is 10.4. The lowest BCUT2D eigenvalue weighted by Crippen LogP contribution is -2.32. The highest BCUT2D eigenvalue weighted by molar-refractivity contribution is 5.97. The van der Waals surface area contributed by atoms with Crippen LogP contribution in [0, 0.1) is 5.41 Å². The largest absolute Gasteiger partial charge is 0.496 e. The van der Waals surface area contributed by atoms with Gasteiger partial charge < -0.3 is 20.9 Å². The molecule has 5 heteroatoms. The SMILES string of the molecule is COc1cc(N)ccc1C(=O)NCC1(CO)CC1. The van der Waals surface area contributed by atoms with Gasteiger partial charge in [-0.25, -0.2) is 0 Å². The minimum absolute atomic E-state index is 0.100. The molecule has 0 unspecified atom stereocenters. The molecule has 0 saturated heterocycles. The van der Waals surface area contributed by atoms with Crippen LogP contribution in [0.1, 0.15) is 23.2 Å². The zero-order valence-corrected chi connectivity index (χ0v) is 10.4. The summed E-state index contributed by atoms with van der Waals surface area (Å²) < 4.78 is 5.13. The number of hydrogen-bond donors (Lipinski definition) is 3. The van der Waals surface area contributed by atoms with Crippen molar-refractivity contribution in [3.05, 3.63) is 23.8 Å². The van der Waals surface area contributed by atoms with Crippen molar-refractivity contribution in [3.8, 4) is 5.75 Å². The van der Waals surface area contributed by atoms with Gasteiger partial charge in [-0.3, -0.25) is 4.79 Å². The molecule has 1 aromatic carbocycles. The Kier molecular flexibility index (Phi) is 3.43. The van der Waals surface area contributed by atoms with Gasteiger partial charge in [0.1, 0.15) is 5.75 Å². The third-order valence-corrected chi connectivity index (χ3v) is 3.39. The number of carbonyl (C=O) groups is 1. The molecule has 1 saturated carbocycles. The quantitative estimate of drug-likeness (QED) is 0.674. The molecular weight excluding hydrogens is 232 g/mol. The maximum Gasteiger partial charge on any atom is 0.255 e. The predicted molar refractivity (Wildman–Crippen MR) is 68.5 cm³/mol. The summed E-state index contributed by atoms with van der Waals surface area (Å²) in [5.74, 6) is 0.257. The van der Waals surface area contributed by atoms with Gasteiger partial charge in [0.2, 0.25) is 0 Å². The molecule has 0 aromatic heterocycles. The standard InChI is InChI=1S/C13H18N2O3/c1-18-11-6-9(14)2-3-10(11)12(17)15-7-13(8-16)4-5-13/h2-3,6,16H,4-5,7-8,14H2,1H3,(H,15,17). The van der Waals surface area contributed by atoms with Gasteiger partial charge >= 0.3 is 0 Å². The highest BCUT2D eigenvalue weighted by atomic mass is 16.5. The third-order valence-electron chi connectivity index (χ3n) is 3.39. The lowest BCUT2D eigenvalue weighted by Gasteiger charge is -2.14. The van der Waals surface area contributed by atoms with Gasteiger partial charge in [-0.05, 0) is 25.0 Å². The number of benzene rings is 1. The minimum atomic E-state index is -0.202. The molecule has 0 radical (unpaired) electrons. The van der Waals surface area contributed by atoms with Crippen LogP contribution in [0.4, 0.5) is 5.69 Å². The Morgan fingerprint density at radius 1 is 1.56 bits per heavy atom. The number of nitrogen functional groups attached to an aromatic ring is 1. The Morgan fingerprint density at radius 3 is 2.83 bits per heavy atom. The number of hydrogen-bond acceptors (Lipinski definition) is 4. The Hall–Kier alpha value is -1.75. The fourth-order valence-electron chi connectivity index (χ4n) is 1.83. The topological polar surface area (TPSA) is 84.6 Å². The van der Waals surface area contributed by atoms with Crippen molar-refractivity contribution < 1.29 is 14.6 Å². The maximum atomic E-state index is 12.0. The Balaban J connectivity index is 2.04. The molecule has 1 aliphatic carbocycles. The van der Waals surface area contributed by atoms with Crippen molar-refractivity contribution in [2.24, 2.45) is 5.41 Å². The molecule has 5 nitrogen and oxygen atoms in total. The summed E-state index contributed by atoms with van der Waals surface area (Å²) in [4.78, 5) is 12.0. The van der Waals surface area contributed by atoms with E-state index < -0.39 is 0 Å². The Labute approximate surface area is 106 Å². The van der Waals surface area contributed by atoms with E-state index >= 15 is 0 Å². The van der Waals surface area contributed by atoms with E-state index in [1.54, 1.807) is 18.2 Å². The highest BCUT2D eigenvalue weighted by Gasteiger charge is 2.42. The van der Waals surface area contributed by atoms with Crippen molar-refractivity contribution in [2.75, 3.05) is 26.0 Å². The molecule has 0 spiro atoms. The van der Waals surface area contributed by atoms with Gasteiger partial charge in [-0.2, -0.15) is 0 Å². The molecule has 98 valence electrons.